The monoisotopic (exact) mass is 494 g/mol. The Labute approximate surface area is 210 Å². The summed E-state index contributed by atoms with van der Waals surface area (Å²) in [7, 11) is 0. The number of ether oxygens (including phenoxy) is 1. The van der Waals surface area contributed by atoms with Crippen LogP contribution in [0.1, 0.15) is 56.9 Å². The second kappa shape index (κ2) is 11.6. The molecular weight excluding hydrogens is 464 g/mol. The SMILES string of the molecule is CCCCc1nc(Cl)c(CO)n1Cc1ccc(-c2ccccc2-c2nnnn2C(C)OCC)cc1. The average molecular weight is 495 g/mol. The number of hydrogen-bond donors (Lipinski definition) is 1. The minimum absolute atomic E-state index is 0.141. The molecule has 0 saturated heterocycles. The van der Waals surface area contributed by atoms with E-state index in [0.717, 1.165) is 47.3 Å². The molecule has 2 heterocycles. The van der Waals surface area contributed by atoms with E-state index in [4.69, 9.17) is 16.3 Å². The molecule has 0 spiro atoms. The number of imidazole rings is 1. The molecule has 0 radical (unpaired) electrons. The molecule has 0 aliphatic carbocycles. The van der Waals surface area contributed by atoms with Crippen LogP contribution in [0.3, 0.4) is 0 Å². The van der Waals surface area contributed by atoms with Gasteiger partial charge in [-0.2, -0.15) is 4.68 Å². The van der Waals surface area contributed by atoms with E-state index < -0.39 is 0 Å². The summed E-state index contributed by atoms with van der Waals surface area (Å²) in [6, 6.07) is 16.5. The summed E-state index contributed by atoms with van der Waals surface area (Å²) in [5.41, 5.74) is 4.77. The lowest BCUT2D eigenvalue weighted by molar-refractivity contribution is 0.0159. The van der Waals surface area contributed by atoms with Gasteiger partial charge in [0.2, 0.25) is 0 Å². The summed E-state index contributed by atoms with van der Waals surface area (Å²) in [4.78, 5) is 4.49. The predicted molar refractivity (Wildman–Crippen MR) is 136 cm³/mol. The topological polar surface area (TPSA) is 90.9 Å². The molecule has 0 amide bonds. The van der Waals surface area contributed by atoms with Gasteiger partial charge in [0.1, 0.15) is 5.82 Å². The van der Waals surface area contributed by atoms with Crippen LogP contribution >= 0.6 is 11.6 Å². The largest absolute Gasteiger partial charge is 0.390 e. The van der Waals surface area contributed by atoms with Gasteiger partial charge in [-0.1, -0.05) is 73.5 Å². The summed E-state index contributed by atoms with van der Waals surface area (Å²) < 4.78 is 9.44. The fourth-order valence-electron chi connectivity index (χ4n) is 4.20. The molecule has 8 nitrogen and oxygen atoms in total. The Morgan fingerprint density at radius 1 is 1.06 bits per heavy atom. The zero-order chi connectivity index (χ0) is 24.8. The minimum Gasteiger partial charge on any atom is -0.390 e. The molecule has 4 rings (SSSR count). The van der Waals surface area contributed by atoms with Crippen molar-refractivity contribution in [3.63, 3.8) is 0 Å². The van der Waals surface area contributed by atoms with E-state index in [9.17, 15) is 5.11 Å². The van der Waals surface area contributed by atoms with E-state index in [1.54, 1.807) is 4.68 Å². The average Bonchev–Trinajstić information content (AvgIpc) is 3.48. The Balaban J connectivity index is 1.63. The van der Waals surface area contributed by atoms with E-state index in [2.05, 4.69) is 57.8 Å². The molecule has 0 aliphatic rings. The van der Waals surface area contributed by atoms with Gasteiger partial charge in [0, 0.05) is 25.1 Å². The van der Waals surface area contributed by atoms with Crippen molar-refractivity contribution in [2.24, 2.45) is 0 Å². The molecule has 1 N–H and O–H groups in total. The van der Waals surface area contributed by atoms with Crippen molar-refractivity contribution in [3.05, 3.63) is 70.8 Å². The number of aliphatic hydroxyl groups excluding tert-OH is 1. The highest BCUT2D eigenvalue weighted by Crippen LogP contribution is 2.32. The first kappa shape index (κ1) is 25.0. The number of rotatable bonds is 11. The first-order chi connectivity index (χ1) is 17.1. The number of hydrogen-bond acceptors (Lipinski definition) is 6. The Morgan fingerprint density at radius 3 is 2.49 bits per heavy atom. The van der Waals surface area contributed by atoms with Gasteiger partial charge < -0.3 is 14.4 Å². The number of aliphatic hydroxyl groups is 1. The Bertz CT molecular complexity index is 1250. The van der Waals surface area contributed by atoms with Crippen LogP contribution < -0.4 is 0 Å². The molecular formula is C26H31ClN6O2. The molecule has 184 valence electrons. The Hall–Kier alpha value is -3.07. The van der Waals surface area contributed by atoms with Crippen molar-refractivity contribution in [3.8, 4) is 22.5 Å². The number of benzene rings is 2. The maximum absolute atomic E-state index is 9.85. The molecule has 0 saturated carbocycles. The number of aryl methyl sites for hydroxylation is 1. The van der Waals surface area contributed by atoms with Crippen LogP contribution in [0.5, 0.6) is 0 Å². The maximum Gasteiger partial charge on any atom is 0.185 e. The highest BCUT2D eigenvalue weighted by Gasteiger charge is 2.19. The second-order valence-electron chi connectivity index (χ2n) is 8.36. The molecule has 2 aromatic heterocycles. The third kappa shape index (κ3) is 5.45. The van der Waals surface area contributed by atoms with Crippen molar-refractivity contribution in [2.45, 2.75) is 59.4 Å². The van der Waals surface area contributed by atoms with Gasteiger partial charge >= 0.3 is 0 Å². The third-order valence-electron chi connectivity index (χ3n) is 6.03. The van der Waals surface area contributed by atoms with E-state index in [1.165, 1.54) is 0 Å². The maximum atomic E-state index is 9.85. The molecule has 9 heteroatoms. The Kier molecular flexibility index (Phi) is 8.28. The van der Waals surface area contributed by atoms with Crippen LogP contribution in [0, 0.1) is 0 Å². The highest BCUT2D eigenvalue weighted by molar-refractivity contribution is 6.30. The molecule has 1 unspecified atom stereocenters. The fourth-order valence-corrected chi connectivity index (χ4v) is 4.46. The van der Waals surface area contributed by atoms with Crippen molar-refractivity contribution >= 4 is 11.6 Å². The predicted octanol–water partition coefficient (Wildman–Crippen LogP) is 5.30. The summed E-state index contributed by atoms with van der Waals surface area (Å²) in [6.07, 6.45) is 2.65. The van der Waals surface area contributed by atoms with E-state index >= 15 is 0 Å². The number of aromatic nitrogens is 6. The number of unbranched alkanes of at least 4 members (excludes halogenated alkanes) is 1. The normalized spacial score (nSPS) is 12.3. The fraction of sp³-hybridized carbons (Fsp3) is 0.385. The van der Waals surface area contributed by atoms with Crippen LogP contribution in [-0.2, 0) is 24.3 Å². The lowest BCUT2D eigenvalue weighted by Crippen LogP contribution is -2.12. The van der Waals surface area contributed by atoms with Crippen LogP contribution in [-0.4, -0.2) is 41.5 Å². The summed E-state index contributed by atoms with van der Waals surface area (Å²) in [5.74, 6) is 1.57. The van der Waals surface area contributed by atoms with Crippen molar-refractivity contribution in [1.29, 1.82) is 0 Å². The molecule has 35 heavy (non-hydrogen) atoms. The quantitative estimate of drug-likeness (QED) is 0.304. The standard InChI is InChI=1S/C26H31ClN6O2/c1-4-6-11-24-28-25(27)23(17-34)32(24)16-19-12-14-20(15-13-19)21-9-7-8-10-22(21)26-29-30-31-33(26)18(3)35-5-2/h7-10,12-15,18,34H,4-6,11,16-17H2,1-3H3. The zero-order valence-corrected chi connectivity index (χ0v) is 21.1. The highest BCUT2D eigenvalue weighted by atomic mass is 35.5. The van der Waals surface area contributed by atoms with Gasteiger partial charge in [-0.25, -0.2) is 4.98 Å². The molecule has 2 aromatic carbocycles. The van der Waals surface area contributed by atoms with Gasteiger partial charge in [0.25, 0.3) is 0 Å². The molecule has 0 aliphatic heterocycles. The van der Waals surface area contributed by atoms with Gasteiger partial charge in [-0.3, -0.25) is 0 Å². The molecule has 4 aromatic rings. The van der Waals surface area contributed by atoms with Crippen LogP contribution in [0.15, 0.2) is 48.5 Å². The lowest BCUT2D eigenvalue weighted by Gasteiger charge is -2.15. The van der Waals surface area contributed by atoms with Crippen molar-refractivity contribution in [2.75, 3.05) is 6.61 Å². The molecule has 1 atom stereocenters. The van der Waals surface area contributed by atoms with Crippen LogP contribution in [0.25, 0.3) is 22.5 Å². The summed E-state index contributed by atoms with van der Waals surface area (Å²) in [5, 5.41) is 22.5. The second-order valence-corrected chi connectivity index (χ2v) is 8.72. The van der Waals surface area contributed by atoms with E-state index in [1.807, 2.05) is 36.6 Å². The number of halogens is 1. The van der Waals surface area contributed by atoms with Gasteiger partial charge in [0.05, 0.1) is 12.3 Å². The third-order valence-corrected chi connectivity index (χ3v) is 6.33. The van der Waals surface area contributed by atoms with E-state index in [-0.39, 0.29) is 12.8 Å². The van der Waals surface area contributed by atoms with Crippen molar-refractivity contribution < 1.29 is 9.84 Å². The minimum atomic E-state index is -0.273. The zero-order valence-electron chi connectivity index (χ0n) is 20.4. The first-order valence-electron chi connectivity index (χ1n) is 12.0. The van der Waals surface area contributed by atoms with E-state index in [0.29, 0.717) is 29.8 Å². The van der Waals surface area contributed by atoms with Gasteiger partial charge in [0.15, 0.2) is 17.2 Å². The summed E-state index contributed by atoms with van der Waals surface area (Å²) >= 11 is 6.30. The number of tetrazole rings is 1. The molecule has 0 bridgehead atoms. The van der Waals surface area contributed by atoms with Crippen molar-refractivity contribution in [1.82, 2.24) is 29.8 Å². The smallest absolute Gasteiger partial charge is 0.185 e. The van der Waals surface area contributed by atoms with Gasteiger partial charge in [-0.05, 0) is 47.4 Å². The first-order valence-corrected chi connectivity index (χ1v) is 12.4. The summed E-state index contributed by atoms with van der Waals surface area (Å²) in [6.45, 7) is 7.06. The molecule has 0 fully saturated rings. The lowest BCUT2D eigenvalue weighted by atomic mass is 9.98. The van der Waals surface area contributed by atoms with Crippen LogP contribution in [0.2, 0.25) is 5.15 Å². The van der Waals surface area contributed by atoms with Gasteiger partial charge in [-0.15, -0.1) is 5.10 Å². The Morgan fingerprint density at radius 2 is 1.80 bits per heavy atom. The number of nitrogens with zero attached hydrogens (tertiary/aromatic N) is 6. The van der Waals surface area contributed by atoms with Crippen LogP contribution in [0.4, 0.5) is 0 Å².